The molecular formula is C18H13ClF3NO4S2. The molecule has 1 N–H and O–H groups in total. The van der Waals surface area contributed by atoms with Gasteiger partial charge in [0.2, 0.25) is 5.78 Å². The maximum Gasteiger partial charge on any atom is 0.447 e. The molecule has 29 heavy (non-hydrogen) atoms. The fourth-order valence-electron chi connectivity index (χ4n) is 3.03. The van der Waals surface area contributed by atoms with E-state index in [-0.39, 0.29) is 43.6 Å². The average molecular weight is 464 g/mol. The highest BCUT2D eigenvalue weighted by molar-refractivity contribution is 8.02. The van der Waals surface area contributed by atoms with Crippen molar-refractivity contribution in [2.24, 2.45) is 4.99 Å². The molecule has 0 aliphatic carbocycles. The summed E-state index contributed by atoms with van der Waals surface area (Å²) in [6.07, 6.45) is -0.267. The standard InChI is InChI=1S/C18H13ClF3NO4S2/c1-7-8(6-12(24)25)14-10(23-7)5-9(17(27-2)15(14)19)16(26)11-3-4-13(28-11)29-18(20,21)22/h3-5,7H,6H2,1-2H3,(H,24,25). The van der Waals surface area contributed by atoms with Gasteiger partial charge in [-0.2, -0.15) is 13.2 Å². The summed E-state index contributed by atoms with van der Waals surface area (Å²) in [6, 6.07) is 3.53. The van der Waals surface area contributed by atoms with Gasteiger partial charge in [-0.25, -0.2) is 0 Å². The summed E-state index contributed by atoms with van der Waals surface area (Å²) in [7, 11) is 1.30. The number of alkyl halides is 3. The van der Waals surface area contributed by atoms with E-state index in [1.165, 1.54) is 25.3 Å². The monoisotopic (exact) mass is 463 g/mol. The topological polar surface area (TPSA) is 76.0 Å². The first kappa shape index (κ1) is 21.7. The number of carbonyl (C=O) groups excluding carboxylic acids is 1. The van der Waals surface area contributed by atoms with Crippen molar-refractivity contribution in [2.45, 2.75) is 29.1 Å². The first-order valence-electron chi connectivity index (χ1n) is 8.11. The number of methoxy groups -OCH3 is 1. The second kappa shape index (κ2) is 8.00. The Morgan fingerprint density at radius 1 is 1.38 bits per heavy atom. The molecule has 0 bridgehead atoms. The van der Waals surface area contributed by atoms with Gasteiger partial charge in [0.15, 0.2) is 0 Å². The lowest BCUT2D eigenvalue weighted by Crippen LogP contribution is -2.28. The van der Waals surface area contributed by atoms with Gasteiger partial charge in [-0.15, -0.1) is 11.3 Å². The molecule has 11 heteroatoms. The van der Waals surface area contributed by atoms with E-state index in [0.29, 0.717) is 27.5 Å². The molecule has 0 spiro atoms. The van der Waals surface area contributed by atoms with Crippen LogP contribution in [0.5, 0.6) is 5.75 Å². The molecule has 0 saturated heterocycles. The Morgan fingerprint density at radius 3 is 2.66 bits per heavy atom. The van der Waals surface area contributed by atoms with E-state index in [2.05, 4.69) is 4.99 Å². The number of carbonyl (C=O) groups is 2. The van der Waals surface area contributed by atoms with E-state index in [1.807, 2.05) is 0 Å². The number of ether oxygens (including phenoxy) is 1. The first-order chi connectivity index (χ1) is 13.5. The van der Waals surface area contributed by atoms with Gasteiger partial charge >= 0.3 is 11.5 Å². The van der Waals surface area contributed by atoms with E-state index in [0.717, 1.165) is 0 Å². The number of aliphatic carboxylic acids is 1. The number of thiophene rings is 1. The number of hydrogen-bond acceptors (Lipinski definition) is 6. The largest absolute Gasteiger partial charge is 0.494 e. The van der Waals surface area contributed by atoms with Gasteiger partial charge in [0.05, 0.1) is 44.6 Å². The van der Waals surface area contributed by atoms with Crippen molar-refractivity contribution in [3.63, 3.8) is 0 Å². The summed E-state index contributed by atoms with van der Waals surface area (Å²) in [5.41, 5.74) is -3.91. The van der Waals surface area contributed by atoms with Crippen LogP contribution in [-0.2, 0) is 4.79 Å². The molecule has 154 valence electrons. The minimum absolute atomic E-state index is 0.0287. The second-order valence-electron chi connectivity index (χ2n) is 6.06. The summed E-state index contributed by atoms with van der Waals surface area (Å²) in [5, 5.41) is 9.95. The quantitative estimate of drug-likeness (QED) is 0.519. The summed E-state index contributed by atoms with van der Waals surface area (Å²) >= 11 is 6.84. The van der Waals surface area contributed by atoms with Crippen LogP contribution >= 0.6 is 34.7 Å². The number of fused-ring (bicyclic) bond motifs is 1. The van der Waals surface area contributed by atoms with Gasteiger partial charge in [0, 0.05) is 5.22 Å². The summed E-state index contributed by atoms with van der Waals surface area (Å²) in [4.78, 5) is 28.6. The summed E-state index contributed by atoms with van der Waals surface area (Å²) in [5.74, 6) is -1.57. The third-order valence-corrected chi connectivity index (χ3v) is 6.48. The minimum atomic E-state index is -4.45. The SMILES string of the molecule is COc1c(C(=O)c2ccc(SC(F)(F)F)s2)cc2c(c1Cl)=C(CC(=O)O)C(C)N=2. The molecule has 3 rings (SSSR count). The lowest BCUT2D eigenvalue weighted by atomic mass is 10.0. The van der Waals surface area contributed by atoms with Crippen molar-refractivity contribution >= 4 is 52.0 Å². The van der Waals surface area contributed by atoms with Crippen LogP contribution in [0.3, 0.4) is 0 Å². The van der Waals surface area contributed by atoms with Crippen LogP contribution < -0.4 is 15.3 Å². The normalized spacial score (nSPS) is 15.8. The summed E-state index contributed by atoms with van der Waals surface area (Å²) < 4.78 is 42.9. The Morgan fingerprint density at radius 2 is 2.07 bits per heavy atom. The third kappa shape index (κ3) is 4.44. The Kier molecular flexibility index (Phi) is 5.98. The van der Waals surface area contributed by atoms with Gasteiger partial charge in [-0.3, -0.25) is 14.6 Å². The zero-order chi connectivity index (χ0) is 21.5. The van der Waals surface area contributed by atoms with Crippen LogP contribution in [0.15, 0.2) is 27.4 Å². The van der Waals surface area contributed by atoms with Gasteiger partial charge in [0.25, 0.3) is 0 Å². The van der Waals surface area contributed by atoms with Crippen LogP contribution in [0.1, 0.15) is 28.6 Å². The van der Waals surface area contributed by atoms with Crippen molar-refractivity contribution in [3.05, 3.63) is 44.2 Å². The second-order valence-corrected chi connectivity index (χ2v) is 8.89. The lowest BCUT2D eigenvalue weighted by molar-refractivity contribution is -0.135. The molecule has 5 nitrogen and oxygen atoms in total. The van der Waals surface area contributed by atoms with Gasteiger partial charge in [-0.05, 0) is 42.5 Å². The molecule has 1 unspecified atom stereocenters. The Labute approximate surface area is 175 Å². The third-order valence-electron chi connectivity index (χ3n) is 4.17. The molecule has 2 aromatic rings. The molecule has 0 radical (unpaired) electrons. The van der Waals surface area contributed by atoms with Crippen LogP contribution in [0.2, 0.25) is 5.02 Å². The fourth-order valence-corrected chi connectivity index (χ4v) is 5.20. The van der Waals surface area contributed by atoms with E-state index >= 15 is 0 Å². The van der Waals surface area contributed by atoms with Gasteiger partial charge in [0.1, 0.15) is 5.75 Å². The molecule has 0 fully saturated rings. The number of hydrogen-bond donors (Lipinski definition) is 1. The molecule has 1 aliphatic rings. The van der Waals surface area contributed by atoms with Crippen molar-refractivity contribution < 1.29 is 32.6 Å². The number of carboxylic acids is 1. The minimum Gasteiger partial charge on any atom is -0.494 e. The number of halogens is 4. The lowest BCUT2D eigenvalue weighted by Gasteiger charge is -2.10. The molecule has 1 atom stereocenters. The van der Waals surface area contributed by atoms with E-state index < -0.39 is 23.3 Å². The number of nitrogens with zero attached hydrogens (tertiary/aromatic N) is 1. The van der Waals surface area contributed by atoms with Crippen LogP contribution in [0, 0.1) is 0 Å². The molecule has 1 aromatic carbocycles. The van der Waals surface area contributed by atoms with Crippen LogP contribution in [0.4, 0.5) is 13.2 Å². The van der Waals surface area contributed by atoms with Gasteiger partial charge < -0.3 is 9.84 Å². The fraction of sp³-hybridized carbons (Fsp3) is 0.278. The molecule has 0 saturated carbocycles. The molecule has 1 aromatic heterocycles. The molecule has 0 amide bonds. The summed E-state index contributed by atoms with van der Waals surface area (Å²) in [6.45, 7) is 1.71. The van der Waals surface area contributed by atoms with Crippen molar-refractivity contribution in [1.29, 1.82) is 0 Å². The Balaban J connectivity index is 2.11. The number of thioether (sulfide) groups is 1. The highest BCUT2D eigenvalue weighted by Gasteiger charge is 2.31. The predicted molar refractivity (Wildman–Crippen MR) is 104 cm³/mol. The van der Waals surface area contributed by atoms with E-state index in [1.54, 1.807) is 6.92 Å². The van der Waals surface area contributed by atoms with Gasteiger partial charge in [-0.1, -0.05) is 11.6 Å². The number of carboxylic acid groups (broad SMARTS) is 1. The number of benzene rings is 1. The zero-order valence-electron chi connectivity index (χ0n) is 15.0. The highest BCUT2D eigenvalue weighted by Crippen LogP contribution is 2.41. The average Bonchev–Trinajstić information content (AvgIpc) is 3.17. The first-order valence-corrected chi connectivity index (χ1v) is 10.1. The molecular weight excluding hydrogens is 451 g/mol. The van der Waals surface area contributed by atoms with Crippen molar-refractivity contribution in [1.82, 2.24) is 0 Å². The van der Waals surface area contributed by atoms with Crippen LogP contribution in [0.25, 0.3) is 5.57 Å². The predicted octanol–water partition coefficient (Wildman–Crippen LogP) is 3.90. The number of ketones is 1. The highest BCUT2D eigenvalue weighted by atomic mass is 35.5. The number of rotatable bonds is 6. The zero-order valence-corrected chi connectivity index (χ0v) is 17.4. The Hall–Kier alpha value is -2.04. The smallest absolute Gasteiger partial charge is 0.447 e. The van der Waals surface area contributed by atoms with E-state index in [9.17, 15) is 22.8 Å². The molecule has 1 aliphatic heterocycles. The maximum absolute atomic E-state index is 12.9. The molecule has 2 heterocycles. The maximum atomic E-state index is 12.9. The van der Waals surface area contributed by atoms with E-state index in [4.69, 9.17) is 21.4 Å². The van der Waals surface area contributed by atoms with Crippen molar-refractivity contribution in [3.8, 4) is 5.75 Å². The Bertz CT molecular complexity index is 1130. The van der Waals surface area contributed by atoms with Crippen LogP contribution in [-0.4, -0.2) is 35.5 Å². The van der Waals surface area contributed by atoms with Crippen molar-refractivity contribution in [2.75, 3.05) is 7.11 Å².